The normalized spacial score (nSPS) is 18.8. The molecule has 0 atom stereocenters. The topological polar surface area (TPSA) is 77.9 Å². The summed E-state index contributed by atoms with van der Waals surface area (Å²) >= 11 is 1.65. The number of hydrogen-bond acceptors (Lipinski definition) is 6. The van der Waals surface area contributed by atoms with Gasteiger partial charge in [-0.05, 0) is 6.92 Å². The van der Waals surface area contributed by atoms with Gasteiger partial charge in [0.15, 0.2) is 15.8 Å². The van der Waals surface area contributed by atoms with E-state index >= 15 is 0 Å². The van der Waals surface area contributed by atoms with E-state index in [1.54, 1.807) is 18.4 Å². The molecule has 1 aromatic rings. The van der Waals surface area contributed by atoms with Crippen molar-refractivity contribution >= 4 is 27.1 Å². The van der Waals surface area contributed by atoms with Crippen LogP contribution in [-0.4, -0.2) is 80.9 Å². The summed E-state index contributed by atoms with van der Waals surface area (Å²) in [6.07, 6.45) is 0. The van der Waals surface area contributed by atoms with Gasteiger partial charge in [0.1, 0.15) is 0 Å². The van der Waals surface area contributed by atoms with Crippen LogP contribution in [0.25, 0.3) is 0 Å². The van der Waals surface area contributed by atoms with Crippen LogP contribution in [0.4, 0.5) is 0 Å². The summed E-state index contributed by atoms with van der Waals surface area (Å²) in [5.41, 5.74) is 1.04. The Morgan fingerprint density at radius 3 is 2.74 bits per heavy atom. The van der Waals surface area contributed by atoms with Crippen LogP contribution < -0.4 is 5.32 Å². The average molecular weight is 360 g/mol. The SMILES string of the molecule is CN=C(NCCN1CCS(=O)(=O)CC1)N(C)Cc1csc(C)n1. The summed E-state index contributed by atoms with van der Waals surface area (Å²) in [7, 11) is 0.938. The fourth-order valence-electron chi connectivity index (χ4n) is 2.48. The zero-order valence-corrected chi connectivity index (χ0v) is 15.6. The largest absolute Gasteiger partial charge is 0.355 e. The fraction of sp³-hybridized carbons (Fsp3) is 0.714. The van der Waals surface area contributed by atoms with E-state index in [0.717, 1.165) is 29.8 Å². The first-order valence-electron chi connectivity index (χ1n) is 7.65. The molecule has 1 N–H and O–H groups in total. The lowest BCUT2D eigenvalue weighted by Gasteiger charge is -2.27. The number of rotatable bonds is 5. The van der Waals surface area contributed by atoms with Crippen LogP contribution in [0.15, 0.2) is 10.4 Å². The Hall–Kier alpha value is -1.19. The van der Waals surface area contributed by atoms with Crippen LogP contribution in [0.1, 0.15) is 10.7 Å². The first kappa shape index (κ1) is 18.2. The molecule has 2 rings (SSSR count). The number of aromatic nitrogens is 1. The Bertz CT molecular complexity index is 627. The van der Waals surface area contributed by atoms with Gasteiger partial charge in [0.05, 0.1) is 28.8 Å². The van der Waals surface area contributed by atoms with E-state index in [1.807, 2.05) is 18.9 Å². The molecular formula is C14H25N5O2S2. The lowest BCUT2D eigenvalue weighted by atomic mass is 10.4. The minimum Gasteiger partial charge on any atom is -0.355 e. The van der Waals surface area contributed by atoms with E-state index in [0.29, 0.717) is 19.6 Å². The van der Waals surface area contributed by atoms with E-state index in [1.165, 1.54) is 0 Å². The molecule has 7 nitrogen and oxygen atoms in total. The monoisotopic (exact) mass is 359 g/mol. The molecular weight excluding hydrogens is 334 g/mol. The molecule has 0 saturated carbocycles. The molecule has 0 radical (unpaired) electrons. The quantitative estimate of drug-likeness (QED) is 0.597. The maximum atomic E-state index is 11.4. The molecule has 0 aromatic carbocycles. The number of hydrogen-bond donors (Lipinski definition) is 1. The van der Waals surface area contributed by atoms with Crippen LogP contribution in [0.2, 0.25) is 0 Å². The van der Waals surface area contributed by atoms with Crippen molar-refractivity contribution in [2.75, 3.05) is 51.8 Å². The van der Waals surface area contributed by atoms with Gasteiger partial charge < -0.3 is 10.2 Å². The third-order valence-electron chi connectivity index (χ3n) is 3.79. The van der Waals surface area contributed by atoms with Crippen molar-refractivity contribution in [3.63, 3.8) is 0 Å². The van der Waals surface area contributed by atoms with E-state index < -0.39 is 9.84 Å². The van der Waals surface area contributed by atoms with Gasteiger partial charge in [-0.2, -0.15) is 0 Å². The molecule has 2 heterocycles. The number of sulfone groups is 1. The van der Waals surface area contributed by atoms with Crippen LogP contribution in [0.3, 0.4) is 0 Å². The zero-order valence-electron chi connectivity index (χ0n) is 13.9. The highest BCUT2D eigenvalue weighted by atomic mass is 32.2. The van der Waals surface area contributed by atoms with E-state index in [2.05, 4.69) is 25.6 Å². The Morgan fingerprint density at radius 1 is 1.48 bits per heavy atom. The molecule has 1 aliphatic heterocycles. The number of aliphatic imine (C=N–C) groups is 1. The number of nitrogens with one attached hydrogen (secondary N) is 1. The van der Waals surface area contributed by atoms with Gasteiger partial charge in [-0.1, -0.05) is 0 Å². The van der Waals surface area contributed by atoms with Crippen molar-refractivity contribution in [3.05, 3.63) is 16.1 Å². The minimum atomic E-state index is -2.81. The molecule has 0 amide bonds. The average Bonchev–Trinajstić information content (AvgIpc) is 2.90. The second kappa shape index (κ2) is 8.07. The van der Waals surface area contributed by atoms with Gasteiger partial charge in [0, 0.05) is 45.7 Å². The number of aryl methyl sites for hydroxylation is 1. The summed E-state index contributed by atoms with van der Waals surface area (Å²) in [5.74, 6) is 1.36. The minimum absolute atomic E-state index is 0.269. The molecule has 9 heteroatoms. The molecule has 0 unspecified atom stereocenters. The van der Waals surface area contributed by atoms with Gasteiger partial charge >= 0.3 is 0 Å². The molecule has 23 heavy (non-hydrogen) atoms. The molecule has 1 fully saturated rings. The standard InChI is InChI=1S/C14H25N5O2S2/c1-12-17-13(11-22-12)10-18(3)14(15-2)16-4-5-19-6-8-23(20,21)9-7-19/h11H,4-10H2,1-3H3,(H,15,16). The Morgan fingerprint density at radius 2 is 2.17 bits per heavy atom. The maximum absolute atomic E-state index is 11.4. The second-order valence-electron chi connectivity index (χ2n) is 5.68. The van der Waals surface area contributed by atoms with Gasteiger partial charge in [0.2, 0.25) is 0 Å². The van der Waals surface area contributed by atoms with Crippen molar-refractivity contribution < 1.29 is 8.42 Å². The van der Waals surface area contributed by atoms with E-state index in [-0.39, 0.29) is 11.5 Å². The van der Waals surface area contributed by atoms with Gasteiger partial charge in [-0.25, -0.2) is 13.4 Å². The highest BCUT2D eigenvalue weighted by Crippen LogP contribution is 2.09. The van der Waals surface area contributed by atoms with Crippen LogP contribution >= 0.6 is 11.3 Å². The first-order valence-corrected chi connectivity index (χ1v) is 10.4. The van der Waals surface area contributed by atoms with Gasteiger partial charge in [-0.3, -0.25) is 9.89 Å². The van der Waals surface area contributed by atoms with Gasteiger partial charge in [-0.15, -0.1) is 11.3 Å². The Labute approximate surface area is 142 Å². The predicted molar refractivity (Wildman–Crippen MR) is 94.8 cm³/mol. The van der Waals surface area contributed by atoms with Crippen LogP contribution in [-0.2, 0) is 16.4 Å². The summed E-state index contributed by atoms with van der Waals surface area (Å²) in [5, 5.41) is 6.45. The first-order chi connectivity index (χ1) is 10.9. The molecule has 1 aliphatic rings. The summed E-state index contributed by atoms with van der Waals surface area (Å²) in [6.45, 7) is 5.52. The van der Waals surface area contributed by atoms with Gasteiger partial charge in [0.25, 0.3) is 0 Å². The molecule has 1 aromatic heterocycles. The van der Waals surface area contributed by atoms with E-state index in [9.17, 15) is 8.42 Å². The highest BCUT2D eigenvalue weighted by molar-refractivity contribution is 7.91. The van der Waals surface area contributed by atoms with Crippen LogP contribution in [0.5, 0.6) is 0 Å². The highest BCUT2D eigenvalue weighted by Gasteiger charge is 2.21. The Kier molecular flexibility index (Phi) is 6.37. The number of nitrogens with zero attached hydrogens (tertiary/aromatic N) is 4. The lowest BCUT2D eigenvalue weighted by molar-refractivity contribution is 0.298. The number of guanidine groups is 1. The molecule has 0 aliphatic carbocycles. The molecule has 130 valence electrons. The summed E-state index contributed by atoms with van der Waals surface area (Å²) in [4.78, 5) is 13.0. The van der Waals surface area contributed by atoms with Crippen molar-refractivity contribution in [1.82, 2.24) is 20.1 Å². The van der Waals surface area contributed by atoms with Crippen molar-refractivity contribution in [3.8, 4) is 0 Å². The molecule has 0 bridgehead atoms. The van der Waals surface area contributed by atoms with Crippen molar-refractivity contribution in [2.45, 2.75) is 13.5 Å². The predicted octanol–water partition coefficient (Wildman–Crippen LogP) is 0.189. The summed E-state index contributed by atoms with van der Waals surface area (Å²) in [6, 6.07) is 0. The van der Waals surface area contributed by atoms with Crippen LogP contribution in [0, 0.1) is 6.92 Å². The lowest BCUT2D eigenvalue weighted by Crippen LogP contribution is -2.46. The van der Waals surface area contributed by atoms with E-state index in [4.69, 9.17) is 0 Å². The summed E-state index contributed by atoms with van der Waals surface area (Å²) < 4.78 is 22.8. The third kappa shape index (κ3) is 5.74. The smallest absolute Gasteiger partial charge is 0.193 e. The second-order valence-corrected chi connectivity index (χ2v) is 9.05. The molecule has 1 saturated heterocycles. The zero-order chi connectivity index (χ0) is 16.9. The molecule has 0 spiro atoms. The third-order valence-corrected chi connectivity index (χ3v) is 6.22. The number of thiazole rings is 1. The fourth-order valence-corrected chi connectivity index (χ4v) is 4.36. The Balaban J connectivity index is 1.74. The van der Waals surface area contributed by atoms with Crippen molar-refractivity contribution in [1.29, 1.82) is 0 Å². The van der Waals surface area contributed by atoms with Crippen molar-refractivity contribution in [2.24, 2.45) is 4.99 Å². The maximum Gasteiger partial charge on any atom is 0.193 e.